The smallest absolute Gasteiger partial charge is 0.203 e. The summed E-state index contributed by atoms with van der Waals surface area (Å²) in [6.07, 6.45) is 1.51. The first-order valence-corrected chi connectivity index (χ1v) is 9.51. The molecule has 0 aliphatic carbocycles. The number of hydrogen-bond acceptors (Lipinski definition) is 9. The van der Waals surface area contributed by atoms with E-state index in [1.807, 2.05) is 0 Å². The number of aliphatic hydroxyl groups excluding tert-OH is 3. The van der Waals surface area contributed by atoms with Gasteiger partial charge in [-0.2, -0.15) is 0 Å². The van der Waals surface area contributed by atoms with E-state index >= 15 is 0 Å². The lowest BCUT2D eigenvalue weighted by Crippen LogP contribution is -2.33. The fourth-order valence-electron chi connectivity index (χ4n) is 3.15. The maximum atomic E-state index is 10.3. The van der Waals surface area contributed by atoms with Gasteiger partial charge in [-0.1, -0.05) is 25.1 Å². The van der Waals surface area contributed by atoms with Gasteiger partial charge in [0, 0.05) is 6.54 Å². The Hall–Kier alpha value is -1.63. The quantitative estimate of drug-likeness (QED) is 0.253. The SMILES string of the molecule is NCCCCCCNc1nc(=S)c2ncn([C@@H]3O[C@H](CO)C(O)[C@@H]3O)c2[nH]1. The lowest BCUT2D eigenvalue weighted by atomic mass is 10.1. The second kappa shape index (κ2) is 9.04. The summed E-state index contributed by atoms with van der Waals surface area (Å²) >= 11 is 5.31. The summed E-state index contributed by atoms with van der Waals surface area (Å²) in [5, 5.41) is 32.7. The van der Waals surface area contributed by atoms with Crippen LogP contribution in [0.4, 0.5) is 5.95 Å². The van der Waals surface area contributed by atoms with Gasteiger partial charge in [0.2, 0.25) is 5.95 Å². The zero-order valence-electron chi connectivity index (χ0n) is 14.9. The van der Waals surface area contributed by atoms with Gasteiger partial charge in [0.05, 0.1) is 12.9 Å². The zero-order chi connectivity index (χ0) is 19.4. The predicted molar refractivity (Wildman–Crippen MR) is 102 cm³/mol. The van der Waals surface area contributed by atoms with E-state index in [2.05, 4.69) is 20.3 Å². The van der Waals surface area contributed by atoms with Gasteiger partial charge in [-0.05, 0) is 19.4 Å². The van der Waals surface area contributed by atoms with Crippen molar-refractivity contribution < 1.29 is 20.1 Å². The number of nitrogens with two attached hydrogens (primary N) is 1. The number of hydrogen-bond donors (Lipinski definition) is 6. The molecule has 4 atom stereocenters. The Morgan fingerprint density at radius 1 is 1.26 bits per heavy atom. The van der Waals surface area contributed by atoms with Crippen LogP contribution in [0.3, 0.4) is 0 Å². The molecule has 0 aromatic carbocycles. The van der Waals surface area contributed by atoms with Gasteiger partial charge < -0.3 is 36.1 Å². The van der Waals surface area contributed by atoms with E-state index in [9.17, 15) is 15.3 Å². The second-order valence-corrected chi connectivity index (χ2v) is 6.98. The van der Waals surface area contributed by atoms with Gasteiger partial charge in [0.1, 0.15) is 29.5 Å². The van der Waals surface area contributed by atoms with Crippen LogP contribution in [0, 0.1) is 4.64 Å². The minimum atomic E-state index is -1.20. The molecule has 0 bridgehead atoms. The summed E-state index contributed by atoms with van der Waals surface area (Å²) in [7, 11) is 0. The minimum Gasteiger partial charge on any atom is -0.394 e. The van der Waals surface area contributed by atoms with Crippen molar-refractivity contribution in [2.24, 2.45) is 5.73 Å². The highest BCUT2D eigenvalue weighted by Crippen LogP contribution is 2.31. The molecule has 1 unspecified atom stereocenters. The number of aliphatic hydroxyl groups is 3. The summed E-state index contributed by atoms with van der Waals surface area (Å²) in [6, 6.07) is 0. The number of anilines is 1. The molecule has 0 spiro atoms. The van der Waals surface area contributed by atoms with Crippen LogP contribution in [-0.4, -0.2) is 72.8 Å². The van der Waals surface area contributed by atoms with Gasteiger partial charge in [0.15, 0.2) is 10.9 Å². The number of aromatic amines is 1. The van der Waals surface area contributed by atoms with E-state index in [1.54, 1.807) is 4.57 Å². The molecule has 2 aromatic heterocycles. The van der Waals surface area contributed by atoms with E-state index in [0.29, 0.717) is 28.3 Å². The van der Waals surface area contributed by atoms with Gasteiger partial charge in [-0.25, -0.2) is 9.97 Å². The van der Waals surface area contributed by atoms with E-state index in [4.69, 9.17) is 22.7 Å². The second-order valence-electron chi connectivity index (χ2n) is 6.60. The number of unbranched alkanes of at least 4 members (excludes halogenated alkanes) is 3. The molecule has 7 N–H and O–H groups in total. The Bertz CT molecular complexity index is 812. The van der Waals surface area contributed by atoms with Crippen LogP contribution in [0.2, 0.25) is 0 Å². The van der Waals surface area contributed by atoms with Crippen LogP contribution in [0.1, 0.15) is 31.9 Å². The molecule has 0 radical (unpaired) electrons. The fourth-order valence-corrected chi connectivity index (χ4v) is 3.39. The number of nitrogens with one attached hydrogen (secondary N) is 2. The maximum absolute atomic E-state index is 10.3. The topological polar surface area (TPSA) is 154 Å². The van der Waals surface area contributed by atoms with E-state index < -0.39 is 31.1 Å². The first-order chi connectivity index (χ1) is 13.1. The molecule has 2 aromatic rings. The molecule has 3 rings (SSSR count). The van der Waals surface area contributed by atoms with Gasteiger partial charge in [-0.3, -0.25) is 4.57 Å². The lowest BCUT2D eigenvalue weighted by Gasteiger charge is -2.17. The molecule has 1 aliphatic rings. The highest BCUT2D eigenvalue weighted by Gasteiger charge is 2.43. The number of ether oxygens (including phenoxy) is 1. The molecule has 3 heterocycles. The Balaban J connectivity index is 1.76. The molecule has 1 fully saturated rings. The number of fused-ring (bicyclic) bond motifs is 1. The van der Waals surface area contributed by atoms with Crippen molar-refractivity contribution in [2.75, 3.05) is 25.0 Å². The van der Waals surface area contributed by atoms with Gasteiger partial charge in [-0.15, -0.1) is 0 Å². The number of aromatic nitrogens is 4. The molecule has 0 amide bonds. The Kier molecular flexibility index (Phi) is 6.73. The highest BCUT2D eigenvalue weighted by atomic mass is 32.1. The van der Waals surface area contributed by atoms with E-state index in [1.165, 1.54) is 6.33 Å². The minimum absolute atomic E-state index is 0.319. The molecule has 0 saturated carbocycles. The molecule has 150 valence electrons. The normalized spacial score (nSPS) is 25.3. The molecule has 11 heteroatoms. The average molecular weight is 398 g/mol. The summed E-state index contributed by atoms with van der Waals surface area (Å²) < 4.78 is 7.45. The van der Waals surface area contributed by atoms with Crippen molar-refractivity contribution >= 4 is 29.3 Å². The van der Waals surface area contributed by atoms with Crippen molar-refractivity contribution in [3.63, 3.8) is 0 Å². The highest BCUT2D eigenvalue weighted by molar-refractivity contribution is 7.71. The molecule has 27 heavy (non-hydrogen) atoms. The molecular formula is C16H26N6O4S. The average Bonchev–Trinajstić information content (AvgIpc) is 3.20. The van der Waals surface area contributed by atoms with Crippen LogP contribution in [-0.2, 0) is 4.74 Å². The molecule has 1 aliphatic heterocycles. The summed E-state index contributed by atoms with van der Waals surface area (Å²) in [5.41, 5.74) is 6.48. The number of rotatable bonds is 9. The Morgan fingerprint density at radius 3 is 2.74 bits per heavy atom. The fraction of sp³-hybridized carbons (Fsp3) is 0.688. The van der Waals surface area contributed by atoms with Crippen molar-refractivity contribution in [2.45, 2.75) is 50.2 Å². The van der Waals surface area contributed by atoms with Gasteiger partial charge in [0.25, 0.3) is 0 Å². The largest absolute Gasteiger partial charge is 0.394 e. The summed E-state index contributed by atoms with van der Waals surface area (Å²) in [6.45, 7) is 1.05. The lowest BCUT2D eigenvalue weighted by molar-refractivity contribution is -0.0511. The third-order valence-corrected chi connectivity index (χ3v) is 4.95. The van der Waals surface area contributed by atoms with E-state index in [-0.39, 0.29) is 0 Å². The van der Waals surface area contributed by atoms with Crippen molar-refractivity contribution in [3.05, 3.63) is 11.0 Å². The molecule has 10 nitrogen and oxygen atoms in total. The third kappa shape index (κ3) is 4.28. The van der Waals surface area contributed by atoms with Crippen molar-refractivity contribution in [3.8, 4) is 0 Å². The van der Waals surface area contributed by atoms with Crippen molar-refractivity contribution in [1.82, 2.24) is 19.5 Å². The van der Waals surface area contributed by atoms with Crippen LogP contribution >= 0.6 is 12.2 Å². The molecular weight excluding hydrogens is 372 g/mol. The summed E-state index contributed by atoms with van der Waals surface area (Å²) in [4.78, 5) is 11.7. The van der Waals surface area contributed by atoms with Gasteiger partial charge >= 0.3 is 0 Å². The Labute approximate surface area is 161 Å². The first kappa shape index (κ1) is 20.1. The third-order valence-electron chi connectivity index (χ3n) is 4.66. The van der Waals surface area contributed by atoms with Crippen LogP contribution < -0.4 is 11.1 Å². The number of H-pyrrole nitrogens is 1. The number of imidazole rings is 1. The van der Waals surface area contributed by atoms with Crippen molar-refractivity contribution in [1.29, 1.82) is 0 Å². The number of nitrogens with zero attached hydrogens (tertiary/aromatic N) is 3. The van der Waals surface area contributed by atoms with Crippen LogP contribution in [0.15, 0.2) is 6.33 Å². The zero-order valence-corrected chi connectivity index (χ0v) is 15.7. The van der Waals surface area contributed by atoms with Crippen LogP contribution in [0.5, 0.6) is 0 Å². The monoisotopic (exact) mass is 398 g/mol. The van der Waals surface area contributed by atoms with E-state index in [0.717, 1.165) is 32.2 Å². The predicted octanol–water partition coefficient (Wildman–Crippen LogP) is 0.0314. The standard InChI is InChI=1S/C16H26N6O4S/c17-5-3-1-2-4-6-18-16-20-13-10(14(27)21-16)19-8-22(13)15-12(25)11(24)9(7-23)26-15/h8-9,11-12,15,23-25H,1-7,17H2,(H2,18,20,21,27)/t9-,11?,12+,15-/m1/s1. The van der Waals surface area contributed by atoms with Crippen LogP contribution in [0.25, 0.3) is 11.2 Å². The first-order valence-electron chi connectivity index (χ1n) is 9.10. The molecule has 1 saturated heterocycles. The Morgan fingerprint density at radius 2 is 2.04 bits per heavy atom. The maximum Gasteiger partial charge on any atom is 0.203 e. The summed E-state index contributed by atoms with van der Waals surface area (Å²) in [5.74, 6) is 0.500.